The Hall–Kier alpha value is -0.420. The predicted octanol–water partition coefficient (Wildman–Crippen LogP) is 1.68. The third kappa shape index (κ3) is 5.58. The average molecular weight is 99.2 g/mol. The average Bonchev–Trinajstić information content (AvgIpc) is 1.69. The predicted molar refractivity (Wildman–Crippen MR) is 29.8 cm³/mol. The summed E-state index contributed by atoms with van der Waals surface area (Å²) in [6, 6.07) is 0. The molecule has 0 rings (SSSR count). The fraction of sp³-hybridized carbons (Fsp3) is 0.833. The van der Waals surface area contributed by atoms with Crippen molar-refractivity contribution < 1.29 is 4.79 Å². The van der Waals surface area contributed by atoms with Crippen LogP contribution >= 0.6 is 0 Å². The lowest BCUT2D eigenvalue weighted by atomic mass is 10.2. The lowest BCUT2D eigenvalue weighted by molar-refractivity contribution is 0.546. The van der Waals surface area contributed by atoms with Crippen LogP contribution in [-0.2, 0) is 4.79 Å². The summed E-state index contributed by atoms with van der Waals surface area (Å²) in [6.45, 7) is 2.12. The molecule has 0 atom stereocenters. The van der Waals surface area contributed by atoms with Crippen molar-refractivity contribution in [1.29, 1.82) is 0 Å². The Labute approximate surface area is 44.7 Å². The summed E-state index contributed by atoms with van der Waals surface area (Å²) in [7, 11) is 0. The largest absolute Gasteiger partial charge is 0.506 e. The van der Waals surface area contributed by atoms with E-state index < -0.39 is 0 Å². The molecule has 0 aliphatic rings. The molecule has 0 heterocycles. The van der Waals surface area contributed by atoms with Gasteiger partial charge in [0.2, 0.25) is 6.42 Å². The minimum atomic E-state index is 0.619. The normalized spacial score (nSPS) is 8.14. The lowest BCUT2D eigenvalue weighted by Crippen LogP contribution is -1.73. The molecule has 0 fully saturated rings. The van der Waals surface area contributed by atoms with E-state index in [4.69, 9.17) is 0 Å². The standard InChI is InChI=1S/C6H11O/c1-2-3-4-5-6-7/h2-5H2,1H3/q+1. The van der Waals surface area contributed by atoms with Crippen molar-refractivity contribution in [1.82, 2.24) is 0 Å². The molecule has 0 aliphatic carbocycles. The maximum atomic E-state index is 9.55. The Morgan fingerprint density at radius 3 is 2.57 bits per heavy atom. The number of carbonyl (C=O) groups excluding carboxylic acids is 1. The van der Waals surface area contributed by atoms with Gasteiger partial charge in [-0.1, -0.05) is 13.3 Å². The van der Waals surface area contributed by atoms with Gasteiger partial charge in [-0.2, -0.15) is 0 Å². The van der Waals surface area contributed by atoms with E-state index in [0.717, 1.165) is 12.8 Å². The number of unbranched alkanes of at least 4 members (excludes halogenated alkanes) is 3. The smallest absolute Gasteiger partial charge is 0.0654 e. The van der Waals surface area contributed by atoms with Gasteiger partial charge in [0.15, 0.2) is 0 Å². The quantitative estimate of drug-likeness (QED) is 0.387. The first-order valence-corrected chi connectivity index (χ1v) is 2.76. The third-order valence-electron chi connectivity index (χ3n) is 0.882. The van der Waals surface area contributed by atoms with Crippen molar-refractivity contribution in [2.75, 3.05) is 0 Å². The van der Waals surface area contributed by atoms with Crippen LogP contribution in [-0.4, -0.2) is 6.29 Å². The first kappa shape index (κ1) is 6.58. The van der Waals surface area contributed by atoms with E-state index in [1.165, 1.54) is 6.42 Å². The minimum absolute atomic E-state index is 0.619. The molecule has 0 N–H and O–H groups in total. The van der Waals surface area contributed by atoms with Crippen molar-refractivity contribution in [3.63, 3.8) is 0 Å². The molecule has 0 aliphatic heterocycles. The highest BCUT2D eigenvalue weighted by Crippen LogP contribution is 1.94. The first-order valence-electron chi connectivity index (χ1n) is 2.76. The van der Waals surface area contributed by atoms with E-state index in [1.54, 1.807) is 0 Å². The molecule has 0 radical (unpaired) electrons. The number of rotatable bonds is 4. The molecule has 0 aromatic carbocycles. The highest BCUT2D eigenvalue weighted by atomic mass is 16.1. The molecule has 0 aromatic rings. The summed E-state index contributed by atoms with van der Waals surface area (Å²) >= 11 is 0. The Morgan fingerprint density at radius 1 is 1.43 bits per heavy atom. The van der Waals surface area contributed by atoms with E-state index in [1.807, 2.05) is 6.29 Å². The van der Waals surface area contributed by atoms with Crippen LogP contribution in [0.3, 0.4) is 0 Å². The van der Waals surface area contributed by atoms with E-state index in [9.17, 15) is 4.79 Å². The second-order valence-corrected chi connectivity index (χ2v) is 1.60. The summed E-state index contributed by atoms with van der Waals surface area (Å²) in [6.07, 6.45) is 5.83. The van der Waals surface area contributed by atoms with Crippen LogP contribution in [0.4, 0.5) is 0 Å². The van der Waals surface area contributed by atoms with Gasteiger partial charge in [-0.25, -0.2) is 0 Å². The van der Waals surface area contributed by atoms with E-state index in [2.05, 4.69) is 6.92 Å². The highest BCUT2D eigenvalue weighted by molar-refractivity contribution is 5.50. The molecule has 0 amide bonds. The maximum Gasteiger partial charge on any atom is 0.506 e. The summed E-state index contributed by atoms with van der Waals surface area (Å²) in [5.41, 5.74) is 0. The van der Waals surface area contributed by atoms with Crippen LogP contribution in [0, 0.1) is 0 Å². The fourth-order valence-corrected chi connectivity index (χ4v) is 0.447. The van der Waals surface area contributed by atoms with Crippen LogP contribution in [0.1, 0.15) is 32.6 Å². The molecule has 7 heavy (non-hydrogen) atoms. The van der Waals surface area contributed by atoms with Gasteiger partial charge in [0, 0.05) is 11.2 Å². The number of hydrogen-bond donors (Lipinski definition) is 0. The summed E-state index contributed by atoms with van der Waals surface area (Å²) in [5, 5.41) is 0. The zero-order valence-corrected chi connectivity index (χ0v) is 4.74. The first-order chi connectivity index (χ1) is 3.41. The van der Waals surface area contributed by atoms with E-state index in [-0.39, 0.29) is 0 Å². The third-order valence-corrected chi connectivity index (χ3v) is 0.882. The Morgan fingerprint density at radius 2 is 2.14 bits per heavy atom. The monoisotopic (exact) mass is 99.1 g/mol. The molecule has 0 unspecified atom stereocenters. The van der Waals surface area contributed by atoms with E-state index >= 15 is 0 Å². The number of hydrogen-bond acceptors (Lipinski definition) is 1. The van der Waals surface area contributed by atoms with Crippen molar-refractivity contribution in [2.45, 2.75) is 32.6 Å². The Balaban J connectivity index is 2.56. The van der Waals surface area contributed by atoms with E-state index in [0.29, 0.717) is 6.42 Å². The summed E-state index contributed by atoms with van der Waals surface area (Å²) < 4.78 is 0. The van der Waals surface area contributed by atoms with Crippen molar-refractivity contribution in [3.05, 3.63) is 0 Å². The van der Waals surface area contributed by atoms with Crippen molar-refractivity contribution >= 4 is 6.29 Å². The Kier molecular flexibility index (Phi) is 5.25. The Bertz CT molecular complexity index is 41.4. The van der Waals surface area contributed by atoms with Gasteiger partial charge in [-0.15, -0.1) is 0 Å². The molecule has 0 bridgehead atoms. The lowest BCUT2D eigenvalue weighted by Gasteiger charge is -1.79. The molecule has 40 valence electrons. The molecule has 0 aromatic heterocycles. The van der Waals surface area contributed by atoms with Crippen molar-refractivity contribution in [3.8, 4) is 0 Å². The minimum Gasteiger partial charge on any atom is -0.0654 e. The highest BCUT2D eigenvalue weighted by Gasteiger charge is 1.93. The maximum absolute atomic E-state index is 9.55. The van der Waals surface area contributed by atoms with Gasteiger partial charge in [-0.3, -0.25) is 0 Å². The van der Waals surface area contributed by atoms with Gasteiger partial charge in [0.25, 0.3) is 0 Å². The molecule has 1 heteroatoms. The molecule has 0 saturated heterocycles. The summed E-state index contributed by atoms with van der Waals surface area (Å²) in [5.74, 6) is 0. The second kappa shape index (κ2) is 5.58. The van der Waals surface area contributed by atoms with Crippen LogP contribution in [0.2, 0.25) is 0 Å². The van der Waals surface area contributed by atoms with Gasteiger partial charge in [-0.05, 0) is 6.42 Å². The fourth-order valence-electron chi connectivity index (χ4n) is 0.447. The SMILES string of the molecule is CCCCC[C+]=O. The zero-order valence-electron chi connectivity index (χ0n) is 4.74. The van der Waals surface area contributed by atoms with Gasteiger partial charge in [0.1, 0.15) is 0 Å². The molecular weight excluding hydrogens is 88.1 g/mol. The topological polar surface area (TPSA) is 17.1 Å². The van der Waals surface area contributed by atoms with Crippen LogP contribution in [0.25, 0.3) is 0 Å². The second-order valence-electron chi connectivity index (χ2n) is 1.60. The van der Waals surface area contributed by atoms with Gasteiger partial charge in [0.05, 0.1) is 0 Å². The zero-order chi connectivity index (χ0) is 5.54. The van der Waals surface area contributed by atoms with Crippen LogP contribution in [0.5, 0.6) is 0 Å². The summed E-state index contributed by atoms with van der Waals surface area (Å²) in [4.78, 5) is 9.55. The van der Waals surface area contributed by atoms with Gasteiger partial charge >= 0.3 is 6.29 Å². The van der Waals surface area contributed by atoms with Gasteiger partial charge < -0.3 is 0 Å². The van der Waals surface area contributed by atoms with Crippen LogP contribution in [0.15, 0.2) is 0 Å². The molecular formula is C6H11O+. The molecule has 1 nitrogen and oxygen atoms in total. The van der Waals surface area contributed by atoms with Crippen LogP contribution < -0.4 is 0 Å². The van der Waals surface area contributed by atoms with Crippen molar-refractivity contribution in [2.24, 2.45) is 0 Å². The molecule has 0 spiro atoms. The molecule has 0 saturated carbocycles.